The second-order valence-corrected chi connectivity index (χ2v) is 10.4. The molecule has 0 aromatic heterocycles. The summed E-state index contributed by atoms with van der Waals surface area (Å²) in [5, 5.41) is 2.82. The molecule has 0 spiro atoms. The van der Waals surface area contributed by atoms with Gasteiger partial charge in [0.2, 0.25) is 21.8 Å². The number of nitrogens with zero attached hydrogens (tertiary/aromatic N) is 2. The SMILES string of the molecule is COc1ccc(N(CC(=O)N(CCc2ccccc2)C(C)C(=O)NC(C)C)S(C)(=O)=O)c(OC)c1. The zero-order chi connectivity index (χ0) is 26.2. The van der Waals surface area contributed by atoms with E-state index in [0.29, 0.717) is 12.2 Å². The number of nitrogens with one attached hydrogen (secondary N) is 1. The number of sulfonamides is 1. The number of amides is 2. The molecule has 0 aliphatic rings. The number of hydrogen-bond acceptors (Lipinski definition) is 6. The molecule has 10 heteroatoms. The molecule has 1 N–H and O–H groups in total. The zero-order valence-electron chi connectivity index (χ0n) is 21.1. The van der Waals surface area contributed by atoms with Crippen molar-refractivity contribution in [2.24, 2.45) is 0 Å². The maximum absolute atomic E-state index is 13.5. The van der Waals surface area contributed by atoms with Crippen molar-refractivity contribution in [3.63, 3.8) is 0 Å². The van der Waals surface area contributed by atoms with Crippen molar-refractivity contribution in [1.29, 1.82) is 0 Å². The predicted molar refractivity (Wildman–Crippen MR) is 136 cm³/mol. The molecule has 0 saturated carbocycles. The Bertz CT molecular complexity index is 1110. The van der Waals surface area contributed by atoms with Gasteiger partial charge in [-0.2, -0.15) is 0 Å². The largest absolute Gasteiger partial charge is 0.497 e. The quantitative estimate of drug-likeness (QED) is 0.475. The Hall–Kier alpha value is -3.27. The smallest absolute Gasteiger partial charge is 0.244 e. The van der Waals surface area contributed by atoms with Crippen molar-refractivity contribution in [3.05, 3.63) is 54.1 Å². The van der Waals surface area contributed by atoms with Crippen LogP contribution in [-0.2, 0) is 26.0 Å². The van der Waals surface area contributed by atoms with Crippen LogP contribution in [0.1, 0.15) is 26.3 Å². The third-order valence-corrected chi connectivity index (χ3v) is 6.54. The lowest BCUT2D eigenvalue weighted by Crippen LogP contribution is -2.53. The molecule has 0 radical (unpaired) electrons. The summed E-state index contributed by atoms with van der Waals surface area (Å²) in [7, 11) is -0.972. The van der Waals surface area contributed by atoms with Gasteiger partial charge in [-0.05, 0) is 44.9 Å². The van der Waals surface area contributed by atoms with Gasteiger partial charge in [-0.1, -0.05) is 30.3 Å². The number of carbonyl (C=O) groups is 2. The highest BCUT2D eigenvalue weighted by molar-refractivity contribution is 7.92. The molecule has 0 aliphatic carbocycles. The summed E-state index contributed by atoms with van der Waals surface area (Å²) in [5.74, 6) is -0.0946. The first-order chi connectivity index (χ1) is 16.5. The normalized spacial score (nSPS) is 12.1. The molecule has 2 rings (SSSR count). The van der Waals surface area contributed by atoms with Gasteiger partial charge in [0, 0.05) is 18.7 Å². The molecule has 2 amide bonds. The van der Waals surface area contributed by atoms with Crippen LogP contribution in [0.15, 0.2) is 48.5 Å². The zero-order valence-corrected chi connectivity index (χ0v) is 22.0. The summed E-state index contributed by atoms with van der Waals surface area (Å²) in [6.45, 7) is 5.06. The van der Waals surface area contributed by atoms with Crippen molar-refractivity contribution in [2.45, 2.75) is 39.3 Å². The minimum Gasteiger partial charge on any atom is -0.497 e. The lowest BCUT2D eigenvalue weighted by Gasteiger charge is -2.32. The average Bonchev–Trinajstić information content (AvgIpc) is 2.81. The molecule has 192 valence electrons. The van der Waals surface area contributed by atoms with E-state index in [4.69, 9.17) is 9.47 Å². The highest BCUT2D eigenvalue weighted by Gasteiger charge is 2.31. The Morgan fingerprint density at radius 3 is 2.20 bits per heavy atom. The highest BCUT2D eigenvalue weighted by atomic mass is 32.2. The van der Waals surface area contributed by atoms with Crippen LogP contribution in [0, 0.1) is 0 Å². The van der Waals surface area contributed by atoms with Gasteiger partial charge in [-0.25, -0.2) is 8.42 Å². The monoisotopic (exact) mass is 505 g/mol. The third-order valence-electron chi connectivity index (χ3n) is 5.42. The fraction of sp³-hybridized carbons (Fsp3) is 0.440. The molecule has 0 saturated heterocycles. The van der Waals surface area contributed by atoms with E-state index in [1.165, 1.54) is 25.2 Å². The third kappa shape index (κ3) is 7.88. The molecule has 0 fully saturated rings. The average molecular weight is 506 g/mol. The molecule has 1 unspecified atom stereocenters. The first kappa shape index (κ1) is 28.0. The molecule has 0 heterocycles. The van der Waals surface area contributed by atoms with Crippen LogP contribution in [0.4, 0.5) is 5.69 Å². The second-order valence-electron chi connectivity index (χ2n) is 8.47. The number of methoxy groups -OCH3 is 2. The summed E-state index contributed by atoms with van der Waals surface area (Å²) >= 11 is 0. The summed E-state index contributed by atoms with van der Waals surface area (Å²) in [6.07, 6.45) is 1.53. The van der Waals surface area contributed by atoms with Crippen LogP contribution < -0.4 is 19.1 Å². The highest BCUT2D eigenvalue weighted by Crippen LogP contribution is 2.33. The Morgan fingerprint density at radius 1 is 1.00 bits per heavy atom. The Balaban J connectivity index is 2.38. The summed E-state index contributed by atoms with van der Waals surface area (Å²) in [4.78, 5) is 27.7. The maximum Gasteiger partial charge on any atom is 0.244 e. The number of ether oxygens (including phenoxy) is 2. The fourth-order valence-electron chi connectivity index (χ4n) is 3.56. The molecular formula is C25H35N3O6S. The van der Waals surface area contributed by atoms with E-state index in [9.17, 15) is 18.0 Å². The van der Waals surface area contributed by atoms with Crippen molar-refractivity contribution < 1.29 is 27.5 Å². The first-order valence-corrected chi connectivity index (χ1v) is 13.2. The van der Waals surface area contributed by atoms with E-state index in [-0.39, 0.29) is 29.9 Å². The van der Waals surface area contributed by atoms with Gasteiger partial charge in [-0.15, -0.1) is 0 Å². The van der Waals surface area contributed by atoms with Gasteiger partial charge in [0.05, 0.1) is 26.2 Å². The minimum absolute atomic E-state index is 0.105. The van der Waals surface area contributed by atoms with Crippen LogP contribution in [0.3, 0.4) is 0 Å². The molecule has 2 aromatic carbocycles. The van der Waals surface area contributed by atoms with Crippen LogP contribution in [0.5, 0.6) is 11.5 Å². The van der Waals surface area contributed by atoms with Gasteiger partial charge in [-0.3, -0.25) is 13.9 Å². The molecule has 2 aromatic rings. The van der Waals surface area contributed by atoms with Crippen molar-refractivity contribution in [1.82, 2.24) is 10.2 Å². The number of benzene rings is 2. The second kappa shape index (κ2) is 12.4. The Morgan fingerprint density at radius 2 is 1.66 bits per heavy atom. The van der Waals surface area contributed by atoms with Gasteiger partial charge in [0.15, 0.2) is 0 Å². The van der Waals surface area contributed by atoms with Crippen molar-refractivity contribution in [3.8, 4) is 11.5 Å². The van der Waals surface area contributed by atoms with Crippen molar-refractivity contribution in [2.75, 3.05) is 37.9 Å². The van der Waals surface area contributed by atoms with Gasteiger partial charge >= 0.3 is 0 Å². The molecular weight excluding hydrogens is 470 g/mol. The molecule has 0 aliphatic heterocycles. The fourth-order valence-corrected chi connectivity index (χ4v) is 4.41. The summed E-state index contributed by atoms with van der Waals surface area (Å²) < 4.78 is 37.0. The van der Waals surface area contributed by atoms with Crippen LogP contribution in [-0.4, -0.2) is 70.8 Å². The summed E-state index contributed by atoms with van der Waals surface area (Å²) in [5.41, 5.74) is 1.20. The van der Waals surface area contributed by atoms with Gasteiger partial charge in [0.1, 0.15) is 24.1 Å². The van der Waals surface area contributed by atoms with Crippen molar-refractivity contribution >= 4 is 27.5 Å². The molecule has 1 atom stereocenters. The maximum atomic E-state index is 13.5. The van der Waals surface area contributed by atoms with E-state index < -0.39 is 28.5 Å². The predicted octanol–water partition coefficient (Wildman–Crippen LogP) is 2.45. The number of rotatable bonds is 12. The minimum atomic E-state index is -3.87. The standard InChI is InChI=1S/C25H35N3O6S/c1-18(2)26-25(30)19(3)27(15-14-20-10-8-7-9-11-20)24(29)17-28(35(6,31)32)22-13-12-21(33-4)16-23(22)34-5/h7-13,16,18-19H,14-15,17H2,1-6H3,(H,26,30). The van der Waals surface area contributed by atoms with Crippen LogP contribution in [0.25, 0.3) is 0 Å². The topological polar surface area (TPSA) is 105 Å². The Kier molecular flexibility index (Phi) is 9.94. The number of anilines is 1. The van der Waals surface area contributed by atoms with E-state index in [1.54, 1.807) is 19.1 Å². The van der Waals surface area contributed by atoms with Gasteiger partial charge in [0.25, 0.3) is 0 Å². The van der Waals surface area contributed by atoms with E-state index in [1.807, 2.05) is 44.2 Å². The van der Waals surface area contributed by atoms with E-state index >= 15 is 0 Å². The lowest BCUT2D eigenvalue weighted by molar-refractivity contribution is -0.139. The molecule has 0 bridgehead atoms. The van der Waals surface area contributed by atoms with E-state index in [2.05, 4.69) is 5.32 Å². The Labute approximate surface area is 208 Å². The first-order valence-electron chi connectivity index (χ1n) is 11.3. The number of hydrogen-bond donors (Lipinski definition) is 1. The van der Waals surface area contributed by atoms with Crippen LogP contribution >= 0.6 is 0 Å². The van der Waals surface area contributed by atoms with Gasteiger partial charge < -0.3 is 19.7 Å². The molecule has 35 heavy (non-hydrogen) atoms. The van der Waals surface area contributed by atoms with Crippen LogP contribution in [0.2, 0.25) is 0 Å². The number of carbonyl (C=O) groups excluding carboxylic acids is 2. The molecule has 9 nitrogen and oxygen atoms in total. The summed E-state index contributed by atoms with van der Waals surface area (Å²) in [6, 6.07) is 13.3. The lowest BCUT2D eigenvalue weighted by atomic mass is 10.1. The van der Waals surface area contributed by atoms with E-state index in [0.717, 1.165) is 16.1 Å².